The van der Waals surface area contributed by atoms with Gasteiger partial charge in [-0.05, 0) is 38.5 Å². The molecule has 2 heteroatoms. The van der Waals surface area contributed by atoms with Crippen LogP contribution in [0.3, 0.4) is 0 Å². The highest BCUT2D eigenvalue weighted by atomic mass is 15.0. The normalized spacial score (nSPS) is 11.4. The SMILES string of the molecule is Cc1cn(C(C)C)c2cccnc12. The van der Waals surface area contributed by atoms with Crippen LogP contribution in [0.5, 0.6) is 0 Å². The lowest BCUT2D eigenvalue weighted by Gasteiger charge is -2.07. The fraction of sp³-hybridized carbons (Fsp3) is 0.364. The van der Waals surface area contributed by atoms with E-state index in [1.165, 1.54) is 11.1 Å². The van der Waals surface area contributed by atoms with Crippen LogP contribution in [0.1, 0.15) is 25.5 Å². The van der Waals surface area contributed by atoms with Crippen LogP contribution in [0.15, 0.2) is 24.5 Å². The van der Waals surface area contributed by atoms with Crippen LogP contribution in [0.2, 0.25) is 0 Å². The monoisotopic (exact) mass is 174 g/mol. The van der Waals surface area contributed by atoms with E-state index in [0.29, 0.717) is 6.04 Å². The Morgan fingerprint density at radius 2 is 2.15 bits per heavy atom. The zero-order valence-corrected chi connectivity index (χ0v) is 8.28. The number of aryl methyl sites for hydroxylation is 1. The summed E-state index contributed by atoms with van der Waals surface area (Å²) in [6, 6.07) is 4.61. The van der Waals surface area contributed by atoms with Crippen LogP contribution in [-0.4, -0.2) is 9.55 Å². The van der Waals surface area contributed by atoms with Crippen molar-refractivity contribution in [3.05, 3.63) is 30.1 Å². The summed E-state index contributed by atoms with van der Waals surface area (Å²) in [6.07, 6.45) is 4.02. The Bertz CT molecular complexity index is 427. The second-order valence-corrected chi connectivity index (χ2v) is 3.68. The van der Waals surface area contributed by atoms with Crippen LogP contribution < -0.4 is 0 Å². The maximum Gasteiger partial charge on any atom is 0.0910 e. The van der Waals surface area contributed by atoms with Crippen LogP contribution in [0, 0.1) is 6.92 Å². The highest BCUT2D eigenvalue weighted by Crippen LogP contribution is 2.21. The molecule has 13 heavy (non-hydrogen) atoms. The van der Waals surface area contributed by atoms with Crippen molar-refractivity contribution in [3.8, 4) is 0 Å². The molecule has 0 amide bonds. The molecule has 0 spiro atoms. The number of nitrogens with zero attached hydrogens (tertiary/aromatic N) is 2. The second kappa shape index (κ2) is 2.87. The van der Waals surface area contributed by atoms with Gasteiger partial charge in [-0.25, -0.2) is 0 Å². The van der Waals surface area contributed by atoms with Crippen molar-refractivity contribution in [1.29, 1.82) is 0 Å². The summed E-state index contributed by atoms with van der Waals surface area (Å²) in [5.74, 6) is 0. The van der Waals surface area contributed by atoms with Crippen LogP contribution >= 0.6 is 0 Å². The molecule has 0 fully saturated rings. The van der Waals surface area contributed by atoms with Crippen molar-refractivity contribution >= 4 is 11.0 Å². The number of rotatable bonds is 1. The highest BCUT2D eigenvalue weighted by Gasteiger charge is 2.07. The van der Waals surface area contributed by atoms with Crippen molar-refractivity contribution in [1.82, 2.24) is 9.55 Å². The van der Waals surface area contributed by atoms with Crippen LogP contribution in [0.4, 0.5) is 0 Å². The number of aromatic nitrogens is 2. The quantitative estimate of drug-likeness (QED) is 0.650. The fourth-order valence-corrected chi connectivity index (χ4v) is 1.68. The van der Waals surface area contributed by atoms with Gasteiger partial charge in [-0.2, -0.15) is 0 Å². The Labute approximate surface area is 78.2 Å². The molecular weight excluding hydrogens is 160 g/mol. The minimum absolute atomic E-state index is 0.500. The molecule has 0 aromatic carbocycles. The maximum absolute atomic E-state index is 4.36. The van der Waals surface area contributed by atoms with Gasteiger partial charge in [0.05, 0.1) is 11.0 Å². The van der Waals surface area contributed by atoms with E-state index in [1.54, 1.807) is 0 Å². The lowest BCUT2D eigenvalue weighted by molar-refractivity contribution is 0.622. The summed E-state index contributed by atoms with van der Waals surface area (Å²) >= 11 is 0. The molecule has 2 rings (SSSR count). The van der Waals surface area contributed by atoms with Crippen molar-refractivity contribution in [2.45, 2.75) is 26.8 Å². The Kier molecular flexibility index (Phi) is 1.83. The van der Waals surface area contributed by atoms with E-state index >= 15 is 0 Å². The third-order valence-electron chi connectivity index (χ3n) is 2.33. The number of pyridine rings is 1. The third kappa shape index (κ3) is 1.22. The van der Waals surface area contributed by atoms with E-state index in [2.05, 4.69) is 42.6 Å². The predicted octanol–water partition coefficient (Wildman–Crippen LogP) is 2.93. The minimum Gasteiger partial charge on any atom is -0.343 e. The molecule has 2 heterocycles. The van der Waals surface area contributed by atoms with Crippen molar-refractivity contribution in [2.24, 2.45) is 0 Å². The van der Waals surface area contributed by atoms with Gasteiger partial charge < -0.3 is 4.57 Å². The van der Waals surface area contributed by atoms with Gasteiger partial charge >= 0.3 is 0 Å². The molecule has 0 N–H and O–H groups in total. The Hall–Kier alpha value is -1.31. The second-order valence-electron chi connectivity index (χ2n) is 3.68. The minimum atomic E-state index is 0.500. The molecule has 0 saturated carbocycles. The molecule has 2 aromatic heterocycles. The molecule has 2 nitrogen and oxygen atoms in total. The summed E-state index contributed by atoms with van der Waals surface area (Å²) < 4.78 is 2.26. The van der Waals surface area contributed by atoms with Crippen LogP contribution in [0.25, 0.3) is 11.0 Å². The molecular formula is C11H14N2. The Balaban J connectivity index is 2.78. The van der Waals surface area contributed by atoms with Crippen molar-refractivity contribution in [3.63, 3.8) is 0 Å². The summed E-state index contributed by atoms with van der Waals surface area (Å²) in [6.45, 7) is 6.48. The first kappa shape index (κ1) is 8.30. The standard InChI is InChI=1S/C11H14N2/c1-8(2)13-7-9(3)11-10(13)5-4-6-12-11/h4-8H,1-3H3. The predicted molar refractivity (Wildman–Crippen MR) is 54.9 cm³/mol. The highest BCUT2D eigenvalue weighted by molar-refractivity contribution is 5.79. The molecule has 68 valence electrons. The molecule has 2 aromatic rings. The number of hydrogen-bond donors (Lipinski definition) is 0. The molecule has 0 saturated heterocycles. The molecule has 0 atom stereocenters. The molecule has 0 aliphatic rings. The zero-order chi connectivity index (χ0) is 9.42. The van der Waals surface area contributed by atoms with Gasteiger partial charge in [0, 0.05) is 18.4 Å². The lowest BCUT2D eigenvalue weighted by Crippen LogP contribution is -1.97. The molecule has 0 aliphatic heterocycles. The molecule has 0 radical (unpaired) electrons. The first-order chi connectivity index (χ1) is 6.20. The van der Waals surface area contributed by atoms with Gasteiger partial charge in [0.25, 0.3) is 0 Å². The van der Waals surface area contributed by atoms with Gasteiger partial charge in [-0.3, -0.25) is 4.98 Å². The Morgan fingerprint density at radius 1 is 1.38 bits per heavy atom. The van der Waals surface area contributed by atoms with E-state index in [1.807, 2.05) is 12.3 Å². The summed E-state index contributed by atoms with van der Waals surface area (Å²) in [7, 11) is 0. The van der Waals surface area contributed by atoms with Crippen molar-refractivity contribution in [2.75, 3.05) is 0 Å². The first-order valence-corrected chi connectivity index (χ1v) is 4.62. The lowest BCUT2D eigenvalue weighted by atomic mass is 10.3. The van der Waals surface area contributed by atoms with E-state index in [0.717, 1.165) is 5.52 Å². The van der Waals surface area contributed by atoms with E-state index in [4.69, 9.17) is 0 Å². The van der Waals surface area contributed by atoms with Gasteiger partial charge in [0.2, 0.25) is 0 Å². The molecule has 0 unspecified atom stereocenters. The average molecular weight is 174 g/mol. The summed E-state index contributed by atoms with van der Waals surface area (Å²) in [5.41, 5.74) is 3.61. The third-order valence-corrected chi connectivity index (χ3v) is 2.33. The van der Waals surface area contributed by atoms with E-state index in [-0.39, 0.29) is 0 Å². The average Bonchev–Trinajstić information content (AvgIpc) is 2.45. The van der Waals surface area contributed by atoms with Gasteiger partial charge in [0.15, 0.2) is 0 Å². The topological polar surface area (TPSA) is 17.8 Å². The van der Waals surface area contributed by atoms with Gasteiger partial charge in [-0.15, -0.1) is 0 Å². The van der Waals surface area contributed by atoms with E-state index in [9.17, 15) is 0 Å². The largest absolute Gasteiger partial charge is 0.343 e. The molecule has 0 bridgehead atoms. The maximum atomic E-state index is 4.36. The number of fused-ring (bicyclic) bond motifs is 1. The first-order valence-electron chi connectivity index (χ1n) is 4.62. The summed E-state index contributed by atoms with van der Waals surface area (Å²) in [5, 5.41) is 0. The smallest absolute Gasteiger partial charge is 0.0910 e. The summed E-state index contributed by atoms with van der Waals surface area (Å²) in [4.78, 5) is 4.36. The number of hydrogen-bond acceptors (Lipinski definition) is 1. The van der Waals surface area contributed by atoms with E-state index < -0.39 is 0 Å². The zero-order valence-electron chi connectivity index (χ0n) is 8.28. The van der Waals surface area contributed by atoms with Gasteiger partial charge in [-0.1, -0.05) is 0 Å². The van der Waals surface area contributed by atoms with Gasteiger partial charge in [0.1, 0.15) is 0 Å². The molecule has 0 aliphatic carbocycles. The Morgan fingerprint density at radius 3 is 2.85 bits per heavy atom. The van der Waals surface area contributed by atoms with Crippen molar-refractivity contribution < 1.29 is 0 Å². The van der Waals surface area contributed by atoms with Crippen LogP contribution in [-0.2, 0) is 0 Å². The fourth-order valence-electron chi connectivity index (χ4n) is 1.68.